The zero-order chi connectivity index (χ0) is 28.8. The van der Waals surface area contributed by atoms with Crippen LogP contribution in [-0.2, 0) is 14.3 Å². The smallest absolute Gasteiger partial charge is 0.309 e. The Balaban J connectivity index is 1.83. The van der Waals surface area contributed by atoms with Crippen molar-refractivity contribution in [2.24, 2.45) is 11.3 Å². The van der Waals surface area contributed by atoms with Gasteiger partial charge in [0.05, 0.1) is 11.1 Å². The van der Waals surface area contributed by atoms with Crippen LogP contribution in [-0.4, -0.2) is 68.5 Å². The number of aromatic nitrogens is 3. The molecule has 1 aliphatic carbocycles. The highest BCUT2D eigenvalue weighted by Gasteiger charge is 2.42. The molecule has 2 aromatic rings. The van der Waals surface area contributed by atoms with Crippen molar-refractivity contribution in [3.8, 4) is 0 Å². The van der Waals surface area contributed by atoms with Crippen LogP contribution >= 0.6 is 0 Å². The van der Waals surface area contributed by atoms with Crippen LogP contribution in [0, 0.1) is 11.3 Å². The van der Waals surface area contributed by atoms with E-state index in [1.54, 1.807) is 4.52 Å². The fourth-order valence-electron chi connectivity index (χ4n) is 4.68. The lowest BCUT2D eigenvalue weighted by atomic mass is 9.67. The fraction of sp³-hybridized carbons (Fsp3) is 0.679. The molecule has 39 heavy (non-hydrogen) atoms. The number of allylic oxidation sites excluding steroid dienone is 2. The largest absolute Gasteiger partial charge is 0.481 e. The van der Waals surface area contributed by atoms with Gasteiger partial charge in [-0.05, 0) is 55.8 Å². The summed E-state index contributed by atoms with van der Waals surface area (Å²) in [6, 6.07) is 4.17. The van der Waals surface area contributed by atoms with Crippen molar-refractivity contribution in [3.63, 3.8) is 0 Å². The standard InChI is InChI=1S/C28H49N5O4Si2/c1-9-22-18-21(10-12-28(22,2)27(34)35)23-11-13-33-26(31-23)24(29-19-36-14-16-38(3,4)5)25(32-33)30-20-37-15-17-39(6,7)8/h11,13,18,22,29H,9-10,12,14-17,19-20H2,1-8H3,(H,30,32)(H,34,35). The molecule has 0 saturated carbocycles. The Hall–Kier alpha value is -2.22. The van der Waals surface area contributed by atoms with E-state index in [4.69, 9.17) is 19.6 Å². The quantitative estimate of drug-likeness (QED) is 0.126. The first kappa shape index (κ1) is 31.3. The van der Waals surface area contributed by atoms with Crippen LogP contribution in [0.5, 0.6) is 0 Å². The molecule has 0 fully saturated rings. The molecule has 218 valence electrons. The van der Waals surface area contributed by atoms with Crippen LogP contribution in [0.3, 0.4) is 0 Å². The van der Waals surface area contributed by atoms with Gasteiger partial charge in [0.1, 0.15) is 19.1 Å². The molecule has 0 spiro atoms. The summed E-state index contributed by atoms with van der Waals surface area (Å²) in [5.41, 5.74) is 2.68. The third-order valence-electron chi connectivity index (χ3n) is 7.56. The summed E-state index contributed by atoms with van der Waals surface area (Å²) in [6.45, 7) is 20.1. The zero-order valence-electron chi connectivity index (χ0n) is 25.2. The van der Waals surface area contributed by atoms with E-state index in [-0.39, 0.29) is 5.92 Å². The predicted octanol–water partition coefficient (Wildman–Crippen LogP) is 6.47. The second-order valence-corrected chi connectivity index (χ2v) is 24.6. The molecule has 0 aliphatic heterocycles. The highest BCUT2D eigenvalue weighted by atomic mass is 28.3. The van der Waals surface area contributed by atoms with Crippen molar-refractivity contribution in [3.05, 3.63) is 24.0 Å². The minimum Gasteiger partial charge on any atom is -0.481 e. The normalized spacial score (nSPS) is 20.2. The SMILES string of the molecule is CCC1C=C(c2ccn3nc(NCOCC[Si](C)(C)C)c(NCOCC[Si](C)(C)C)c3n2)CCC1(C)C(=O)O. The Morgan fingerprint density at radius 1 is 1.10 bits per heavy atom. The van der Waals surface area contributed by atoms with Gasteiger partial charge in [0.25, 0.3) is 0 Å². The molecule has 0 radical (unpaired) electrons. The second kappa shape index (κ2) is 13.0. The third-order valence-corrected chi connectivity index (χ3v) is 11.0. The van der Waals surface area contributed by atoms with Gasteiger partial charge in [0.2, 0.25) is 0 Å². The highest BCUT2D eigenvalue weighted by molar-refractivity contribution is 6.76. The van der Waals surface area contributed by atoms with Gasteiger partial charge in [-0.2, -0.15) is 0 Å². The van der Waals surface area contributed by atoms with Gasteiger partial charge in [-0.1, -0.05) is 52.3 Å². The van der Waals surface area contributed by atoms with Crippen LogP contribution in [0.25, 0.3) is 11.2 Å². The van der Waals surface area contributed by atoms with Crippen LogP contribution < -0.4 is 10.6 Å². The lowest BCUT2D eigenvalue weighted by Crippen LogP contribution is -2.37. The van der Waals surface area contributed by atoms with Crippen LogP contribution in [0.15, 0.2) is 18.3 Å². The number of carbonyl (C=O) groups is 1. The van der Waals surface area contributed by atoms with Crippen LogP contribution in [0.4, 0.5) is 11.5 Å². The maximum absolute atomic E-state index is 12.0. The molecule has 3 rings (SSSR count). The molecule has 0 aromatic carbocycles. The van der Waals surface area contributed by atoms with Gasteiger partial charge in [-0.15, -0.1) is 5.10 Å². The van der Waals surface area contributed by atoms with Gasteiger partial charge in [0.15, 0.2) is 11.5 Å². The lowest BCUT2D eigenvalue weighted by molar-refractivity contribution is -0.151. The molecule has 0 saturated heterocycles. The van der Waals surface area contributed by atoms with E-state index < -0.39 is 27.5 Å². The van der Waals surface area contributed by atoms with Crippen LogP contribution in [0.1, 0.15) is 38.8 Å². The summed E-state index contributed by atoms with van der Waals surface area (Å²) >= 11 is 0. The average molecular weight is 576 g/mol. The number of nitrogens with one attached hydrogen (secondary N) is 2. The minimum absolute atomic E-state index is 0.0374. The molecule has 0 amide bonds. The molecule has 0 bridgehead atoms. The number of nitrogens with zero attached hydrogens (tertiary/aromatic N) is 3. The number of hydrogen-bond acceptors (Lipinski definition) is 7. The fourth-order valence-corrected chi connectivity index (χ4v) is 6.19. The molecule has 1 aliphatic rings. The van der Waals surface area contributed by atoms with Crippen molar-refractivity contribution in [1.29, 1.82) is 0 Å². The van der Waals surface area contributed by atoms with Crippen molar-refractivity contribution in [2.45, 2.75) is 84.5 Å². The van der Waals surface area contributed by atoms with Crippen molar-refractivity contribution in [1.82, 2.24) is 14.6 Å². The van der Waals surface area contributed by atoms with Gasteiger partial charge >= 0.3 is 5.97 Å². The first-order valence-electron chi connectivity index (χ1n) is 14.2. The van der Waals surface area contributed by atoms with E-state index in [1.807, 2.05) is 26.1 Å². The molecular weight excluding hydrogens is 527 g/mol. The maximum Gasteiger partial charge on any atom is 0.309 e. The predicted molar refractivity (Wildman–Crippen MR) is 165 cm³/mol. The molecule has 2 aromatic heterocycles. The Kier molecular flexibility index (Phi) is 10.4. The van der Waals surface area contributed by atoms with E-state index in [1.165, 1.54) is 0 Å². The molecule has 2 heterocycles. The average Bonchev–Trinajstić information content (AvgIpc) is 3.19. The van der Waals surface area contributed by atoms with Crippen LogP contribution in [0.2, 0.25) is 51.4 Å². The molecular formula is C28H49N5O4Si2. The monoisotopic (exact) mass is 575 g/mol. The summed E-state index contributed by atoms with van der Waals surface area (Å²) in [7, 11) is -2.33. The summed E-state index contributed by atoms with van der Waals surface area (Å²) in [6.07, 6.45) is 6.07. The number of hydrogen-bond donors (Lipinski definition) is 3. The molecule has 2 unspecified atom stereocenters. The topological polar surface area (TPSA) is 110 Å². The number of aliphatic carboxylic acids is 1. The lowest BCUT2D eigenvalue weighted by Gasteiger charge is -2.36. The first-order valence-corrected chi connectivity index (χ1v) is 21.6. The number of rotatable bonds is 15. The van der Waals surface area contributed by atoms with Gasteiger partial charge in [-0.25, -0.2) is 9.50 Å². The van der Waals surface area contributed by atoms with E-state index in [2.05, 4.69) is 56.0 Å². The molecule has 3 N–H and O–H groups in total. The summed E-state index contributed by atoms with van der Waals surface area (Å²) < 4.78 is 13.6. The third kappa shape index (κ3) is 8.63. The first-order chi connectivity index (χ1) is 18.2. The summed E-state index contributed by atoms with van der Waals surface area (Å²) in [4.78, 5) is 17.0. The second-order valence-electron chi connectivity index (χ2n) is 13.3. The molecule has 9 nitrogen and oxygen atoms in total. The molecule has 11 heteroatoms. The van der Waals surface area contributed by atoms with Gasteiger partial charge in [-0.3, -0.25) is 4.79 Å². The number of carboxylic acids is 1. The Bertz CT molecular complexity index is 1160. The Morgan fingerprint density at radius 3 is 2.28 bits per heavy atom. The summed E-state index contributed by atoms with van der Waals surface area (Å²) in [5.74, 6) is -0.0965. The van der Waals surface area contributed by atoms with Crippen molar-refractivity contribution in [2.75, 3.05) is 37.3 Å². The van der Waals surface area contributed by atoms with E-state index in [9.17, 15) is 9.90 Å². The Labute approximate surface area is 235 Å². The number of ether oxygens (including phenoxy) is 2. The summed E-state index contributed by atoms with van der Waals surface area (Å²) in [5, 5.41) is 21.3. The maximum atomic E-state index is 12.0. The Morgan fingerprint density at radius 2 is 1.72 bits per heavy atom. The van der Waals surface area contributed by atoms with Gasteiger partial charge < -0.3 is 25.2 Å². The van der Waals surface area contributed by atoms with Crippen molar-refractivity contribution < 1.29 is 19.4 Å². The highest BCUT2D eigenvalue weighted by Crippen LogP contribution is 2.44. The molecule has 2 atom stereocenters. The van der Waals surface area contributed by atoms with E-state index >= 15 is 0 Å². The van der Waals surface area contributed by atoms with E-state index in [0.29, 0.717) is 37.8 Å². The van der Waals surface area contributed by atoms with E-state index in [0.717, 1.165) is 48.7 Å². The van der Waals surface area contributed by atoms with Gasteiger partial charge in [0, 0.05) is 35.6 Å². The zero-order valence-corrected chi connectivity index (χ0v) is 27.2. The number of carboxylic acid groups (broad SMARTS) is 1. The van der Waals surface area contributed by atoms with Crippen molar-refractivity contribution >= 4 is 44.8 Å². The number of anilines is 2. The number of fused-ring (bicyclic) bond motifs is 1. The minimum atomic E-state index is -1.17.